The van der Waals surface area contributed by atoms with Crippen molar-refractivity contribution in [2.45, 2.75) is 65.0 Å². The Hall–Kier alpha value is -0.350. The molecule has 1 aromatic rings. The van der Waals surface area contributed by atoms with Crippen LogP contribution in [0.15, 0.2) is 10.7 Å². The van der Waals surface area contributed by atoms with E-state index in [1.165, 1.54) is 6.42 Å². The largest absolute Gasteiger partial charge is 0.383 e. The quantitative estimate of drug-likeness (QED) is 0.920. The van der Waals surface area contributed by atoms with E-state index < -0.39 is 5.60 Å². The molecule has 1 atom stereocenters. The molecule has 1 fully saturated rings. The predicted octanol–water partition coefficient (Wildman–Crippen LogP) is 3.84. The van der Waals surface area contributed by atoms with Crippen LogP contribution >= 0.6 is 15.9 Å². The van der Waals surface area contributed by atoms with E-state index in [4.69, 9.17) is 0 Å². The molecule has 0 saturated heterocycles. The van der Waals surface area contributed by atoms with Crippen LogP contribution < -0.4 is 0 Å². The lowest BCUT2D eigenvalue weighted by atomic mass is 9.64. The second-order valence-electron chi connectivity index (χ2n) is 6.02. The van der Waals surface area contributed by atoms with E-state index in [0.29, 0.717) is 0 Å². The Bertz CT molecular complexity index is 427. The smallest absolute Gasteiger partial charge is 0.112 e. The van der Waals surface area contributed by atoms with E-state index in [9.17, 15) is 5.11 Å². The molecule has 102 valence electrons. The number of hydrogen-bond acceptors (Lipinski definition) is 2. The molecule has 0 spiro atoms. The minimum atomic E-state index is -0.768. The van der Waals surface area contributed by atoms with Gasteiger partial charge in [-0.1, -0.05) is 33.6 Å². The molecular formula is C14H23BrN2O. The summed E-state index contributed by atoms with van der Waals surface area (Å²) in [5.41, 5.74) is 0.101. The van der Waals surface area contributed by atoms with E-state index in [2.05, 4.69) is 41.8 Å². The lowest BCUT2D eigenvalue weighted by Gasteiger charge is -2.46. The van der Waals surface area contributed by atoms with Crippen LogP contribution in [0.5, 0.6) is 0 Å². The number of nitrogens with zero attached hydrogens (tertiary/aromatic N) is 2. The van der Waals surface area contributed by atoms with Gasteiger partial charge in [-0.2, -0.15) is 5.10 Å². The Labute approximate surface area is 118 Å². The van der Waals surface area contributed by atoms with Gasteiger partial charge >= 0.3 is 0 Å². The van der Waals surface area contributed by atoms with Gasteiger partial charge in [0.1, 0.15) is 5.60 Å². The Morgan fingerprint density at radius 1 is 1.39 bits per heavy atom. The number of aliphatic hydroxyl groups is 1. The zero-order valence-corrected chi connectivity index (χ0v) is 13.1. The molecule has 18 heavy (non-hydrogen) atoms. The third-order valence-corrected chi connectivity index (χ3v) is 4.91. The monoisotopic (exact) mass is 314 g/mol. The van der Waals surface area contributed by atoms with Crippen molar-refractivity contribution in [1.29, 1.82) is 0 Å². The van der Waals surface area contributed by atoms with Gasteiger partial charge in [0.15, 0.2) is 0 Å². The molecule has 0 aromatic carbocycles. The molecule has 2 rings (SSSR count). The predicted molar refractivity (Wildman–Crippen MR) is 76.4 cm³/mol. The Kier molecular flexibility index (Phi) is 3.88. The molecule has 1 aliphatic rings. The van der Waals surface area contributed by atoms with Crippen LogP contribution in [0.4, 0.5) is 0 Å². The van der Waals surface area contributed by atoms with Crippen molar-refractivity contribution < 1.29 is 5.11 Å². The first kappa shape index (κ1) is 14.1. The average Bonchev–Trinajstić information content (AvgIpc) is 2.65. The summed E-state index contributed by atoms with van der Waals surface area (Å²) in [5.74, 6) is 0. The van der Waals surface area contributed by atoms with E-state index in [1.54, 1.807) is 0 Å². The maximum atomic E-state index is 11.3. The standard InChI is InChI=1S/C14H23BrN2O/c1-4-9-17-12(11(15)10-16-17)14(18)8-6-5-7-13(14,2)3/h10,18H,4-9H2,1-3H3. The zero-order chi connectivity index (χ0) is 13.4. The van der Waals surface area contributed by atoms with Gasteiger partial charge in [0, 0.05) is 6.54 Å². The van der Waals surface area contributed by atoms with E-state index in [-0.39, 0.29) is 5.41 Å². The highest BCUT2D eigenvalue weighted by molar-refractivity contribution is 9.10. The number of aryl methyl sites for hydroxylation is 1. The fraction of sp³-hybridized carbons (Fsp3) is 0.786. The summed E-state index contributed by atoms with van der Waals surface area (Å²) in [6.45, 7) is 7.33. The summed E-state index contributed by atoms with van der Waals surface area (Å²) in [6.07, 6.45) is 7.02. The molecule has 3 nitrogen and oxygen atoms in total. The molecule has 0 amide bonds. The van der Waals surface area contributed by atoms with E-state index in [0.717, 1.165) is 42.4 Å². The minimum absolute atomic E-state index is 0.0979. The lowest BCUT2D eigenvalue weighted by molar-refractivity contribution is -0.110. The van der Waals surface area contributed by atoms with Crippen molar-refractivity contribution in [2.75, 3.05) is 0 Å². The fourth-order valence-corrected chi connectivity index (χ4v) is 3.71. The van der Waals surface area contributed by atoms with E-state index >= 15 is 0 Å². The molecular weight excluding hydrogens is 292 g/mol. The number of halogens is 1. The third kappa shape index (κ3) is 2.14. The summed E-state index contributed by atoms with van der Waals surface area (Å²) in [4.78, 5) is 0. The van der Waals surface area contributed by atoms with Crippen molar-refractivity contribution >= 4 is 15.9 Å². The molecule has 1 unspecified atom stereocenters. The maximum Gasteiger partial charge on any atom is 0.112 e. The van der Waals surface area contributed by atoms with Gasteiger partial charge in [0.05, 0.1) is 16.4 Å². The van der Waals surface area contributed by atoms with Crippen molar-refractivity contribution in [3.63, 3.8) is 0 Å². The van der Waals surface area contributed by atoms with Gasteiger partial charge in [-0.05, 0) is 40.6 Å². The van der Waals surface area contributed by atoms with Crippen LogP contribution in [0.1, 0.15) is 58.6 Å². The molecule has 1 aliphatic carbocycles. The van der Waals surface area contributed by atoms with Crippen molar-refractivity contribution in [3.8, 4) is 0 Å². The molecule has 0 radical (unpaired) electrons. The van der Waals surface area contributed by atoms with Crippen LogP contribution in [0.2, 0.25) is 0 Å². The van der Waals surface area contributed by atoms with Gasteiger partial charge in [-0.15, -0.1) is 0 Å². The van der Waals surface area contributed by atoms with Crippen LogP contribution in [-0.4, -0.2) is 14.9 Å². The van der Waals surface area contributed by atoms with Crippen LogP contribution in [-0.2, 0) is 12.1 Å². The highest BCUT2D eigenvalue weighted by atomic mass is 79.9. The number of hydrogen-bond donors (Lipinski definition) is 1. The van der Waals surface area contributed by atoms with Crippen molar-refractivity contribution in [1.82, 2.24) is 9.78 Å². The van der Waals surface area contributed by atoms with Crippen molar-refractivity contribution in [3.05, 3.63) is 16.4 Å². The van der Waals surface area contributed by atoms with Gasteiger partial charge in [0.25, 0.3) is 0 Å². The molecule has 0 bridgehead atoms. The fourth-order valence-electron chi connectivity index (χ4n) is 3.09. The Morgan fingerprint density at radius 3 is 2.67 bits per heavy atom. The number of aromatic nitrogens is 2. The molecule has 1 heterocycles. The normalized spacial score (nSPS) is 27.4. The maximum absolute atomic E-state index is 11.3. The van der Waals surface area contributed by atoms with Crippen LogP contribution in [0.3, 0.4) is 0 Å². The first-order chi connectivity index (χ1) is 8.42. The number of rotatable bonds is 3. The summed E-state index contributed by atoms with van der Waals surface area (Å²) >= 11 is 3.57. The van der Waals surface area contributed by atoms with Gasteiger partial charge in [-0.25, -0.2) is 0 Å². The first-order valence-corrected chi connectivity index (χ1v) is 7.66. The summed E-state index contributed by atoms with van der Waals surface area (Å²) in [6, 6.07) is 0. The molecule has 1 saturated carbocycles. The molecule has 0 aliphatic heterocycles. The summed E-state index contributed by atoms with van der Waals surface area (Å²) < 4.78 is 2.91. The van der Waals surface area contributed by atoms with Crippen LogP contribution in [0, 0.1) is 5.41 Å². The van der Waals surface area contributed by atoms with E-state index in [1.807, 2.05) is 10.9 Å². The SMILES string of the molecule is CCCn1ncc(Br)c1C1(O)CCCCC1(C)C. The van der Waals surface area contributed by atoms with Gasteiger partial charge in [-0.3, -0.25) is 4.68 Å². The van der Waals surface area contributed by atoms with Crippen LogP contribution in [0.25, 0.3) is 0 Å². The van der Waals surface area contributed by atoms with Crippen molar-refractivity contribution in [2.24, 2.45) is 5.41 Å². The Balaban J connectivity index is 2.48. The summed E-state index contributed by atoms with van der Waals surface area (Å²) in [5, 5.41) is 15.7. The molecule has 1 N–H and O–H groups in total. The van der Waals surface area contributed by atoms with Gasteiger partial charge in [0.2, 0.25) is 0 Å². The topological polar surface area (TPSA) is 38.0 Å². The first-order valence-electron chi connectivity index (χ1n) is 6.86. The third-order valence-electron chi connectivity index (χ3n) is 4.33. The second-order valence-corrected chi connectivity index (χ2v) is 6.87. The summed E-state index contributed by atoms with van der Waals surface area (Å²) in [7, 11) is 0. The molecule has 1 aromatic heterocycles. The Morgan fingerprint density at radius 2 is 2.06 bits per heavy atom. The molecule has 4 heteroatoms. The average molecular weight is 315 g/mol. The lowest BCUT2D eigenvalue weighted by Crippen LogP contribution is -2.46. The zero-order valence-electron chi connectivity index (χ0n) is 11.5. The highest BCUT2D eigenvalue weighted by Crippen LogP contribution is 2.51. The van der Waals surface area contributed by atoms with Gasteiger partial charge < -0.3 is 5.11 Å². The second kappa shape index (κ2) is 4.97. The minimum Gasteiger partial charge on any atom is -0.383 e. The highest BCUT2D eigenvalue weighted by Gasteiger charge is 2.49.